The molecule has 0 saturated carbocycles. The lowest BCUT2D eigenvalue weighted by Crippen LogP contribution is -2.46. The maximum Gasteiger partial charge on any atom is 0.342 e. The third-order valence-corrected chi connectivity index (χ3v) is 11.7. The van der Waals surface area contributed by atoms with Crippen LogP contribution in [-0.4, -0.2) is 85.0 Å². The Morgan fingerprint density at radius 2 is 1.34 bits per heavy atom. The molecule has 0 spiro atoms. The second-order valence-electron chi connectivity index (χ2n) is 17.6. The minimum atomic E-state index is -1.51. The van der Waals surface area contributed by atoms with Gasteiger partial charge < -0.3 is 23.7 Å². The summed E-state index contributed by atoms with van der Waals surface area (Å²) in [6.07, 6.45) is 4.71. The molecular weight excluding hydrogens is 789 g/mol. The smallest absolute Gasteiger partial charge is 0.342 e. The molecule has 0 N–H and O–H groups in total. The van der Waals surface area contributed by atoms with Crippen LogP contribution in [0.3, 0.4) is 0 Å². The molecule has 0 bridgehead atoms. The van der Waals surface area contributed by atoms with Crippen LogP contribution < -0.4 is 0 Å². The fourth-order valence-electron chi connectivity index (χ4n) is 8.66. The van der Waals surface area contributed by atoms with E-state index in [1.807, 2.05) is 0 Å². The summed E-state index contributed by atoms with van der Waals surface area (Å²) < 4.78 is 27.0. The molecule has 0 fully saturated rings. The van der Waals surface area contributed by atoms with E-state index in [0.29, 0.717) is 5.56 Å². The molecule has 5 unspecified atom stereocenters. The number of hydrogen-bond acceptors (Lipinski definition) is 14. The molecule has 14 nitrogen and oxygen atoms in total. The van der Waals surface area contributed by atoms with Gasteiger partial charge in [0.05, 0.1) is 48.2 Å². The fourth-order valence-corrected chi connectivity index (χ4v) is 8.66. The van der Waals surface area contributed by atoms with Gasteiger partial charge in [-0.15, -0.1) is 6.58 Å². The van der Waals surface area contributed by atoms with Crippen molar-refractivity contribution < 1.29 is 66.8 Å². The monoisotopic (exact) mass is 844 g/mol. The number of ether oxygens (including phenoxy) is 5. The summed E-state index contributed by atoms with van der Waals surface area (Å²) in [4.78, 5) is 121. The van der Waals surface area contributed by atoms with Gasteiger partial charge in [0, 0.05) is 24.3 Å². The van der Waals surface area contributed by atoms with E-state index >= 15 is 0 Å². The average molecular weight is 845 g/mol. The van der Waals surface area contributed by atoms with E-state index in [9.17, 15) is 43.2 Å². The van der Waals surface area contributed by atoms with Crippen LogP contribution >= 0.6 is 0 Å². The number of methoxy groups -OCH3 is 2. The van der Waals surface area contributed by atoms with Crippen LogP contribution in [-0.2, 0) is 62.0 Å². The van der Waals surface area contributed by atoms with Gasteiger partial charge in [-0.1, -0.05) is 42.5 Å². The Bertz CT molecular complexity index is 2100. The third kappa shape index (κ3) is 10.4. The second kappa shape index (κ2) is 18.4. The molecule has 5 atom stereocenters. The number of carbonyl (C=O) groups is 9. The van der Waals surface area contributed by atoms with Crippen LogP contribution in [0.15, 0.2) is 77.9 Å². The Hall–Kier alpha value is -5.79. The lowest BCUT2D eigenvalue weighted by molar-refractivity contribution is -0.161. The standard InChI is InChI=1S/C47H56O14/c1-11-19-47(42(56)58-10)20-18-34(48)32(27-47)39(53)60-43(3,4)22-29-23-45(7,41(55)57-9)25-33(36(29)50)40(54)61-44(5,6)24-30-21-35(49)31(38(52)59-12-2)26-46(30,8)37(51)28-16-14-13-15-17-28/h11,13-17,25-27,29-30H,1,12,18-24H2,2-10H3. The molecular formula is C47H56O14. The van der Waals surface area contributed by atoms with Crippen LogP contribution in [0.4, 0.5) is 0 Å². The quantitative estimate of drug-likeness (QED) is 0.0608. The zero-order valence-electron chi connectivity index (χ0n) is 36.4. The van der Waals surface area contributed by atoms with Crippen LogP contribution in [0, 0.1) is 28.1 Å². The van der Waals surface area contributed by atoms with Crippen molar-refractivity contribution in [3.63, 3.8) is 0 Å². The Labute approximate surface area is 356 Å². The van der Waals surface area contributed by atoms with E-state index in [4.69, 9.17) is 23.7 Å². The van der Waals surface area contributed by atoms with Gasteiger partial charge in [0.25, 0.3) is 0 Å². The molecule has 1 aromatic carbocycles. The molecule has 0 radical (unpaired) electrons. The van der Waals surface area contributed by atoms with E-state index in [1.54, 1.807) is 58.0 Å². The maximum absolute atomic E-state index is 14.2. The van der Waals surface area contributed by atoms with Crippen LogP contribution in [0.5, 0.6) is 0 Å². The van der Waals surface area contributed by atoms with Gasteiger partial charge in [0.1, 0.15) is 16.8 Å². The summed E-state index contributed by atoms with van der Waals surface area (Å²) >= 11 is 0. The summed E-state index contributed by atoms with van der Waals surface area (Å²) in [6, 6.07) is 8.36. The lowest BCUT2D eigenvalue weighted by Gasteiger charge is -2.41. The first kappa shape index (κ1) is 47.9. The average Bonchev–Trinajstić information content (AvgIpc) is 3.20. The van der Waals surface area contributed by atoms with E-state index in [0.717, 1.165) is 7.11 Å². The highest BCUT2D eigenvalue weighted by atomic mass is 16.6. The van der Waals surface area contributed by atoms with E-state index in [1.165, 1.54) is 52.2 Å². The molecule has 0 saturated heterocycles. The number of rotatable bonds is 16. The Morgan fingerprint density at radius 3 is 1.92 bits per heavy atom. The van der Waals surface area contributed by atoms with Crippen molar-refractivity contribution in [1.82, 2.24) is 0 Å². The molecule has 0 aliphatic heterocycles. The predicted octanol–water partition coefficient (Wildman–Crippen LogP) is 6.10. The van der Waals surface area contributed by atoms with Crippen molar-refractivity contribution in [2.75, 3.05) is 20.8 Å². The summed E-state index contributed by atoms with van der Waals surface area (Å²) in [7, 11) is 2.36. The highest BCUT2D eigenvalue weighted by molar-refractivity contribution is 6.21. The van der Waals surface area contributed by atoms with E-state index < -0.39 is 92.1 Å². The highest BCUT2D eigenvalue weighted by Crippen LogP contribution is 2.47. The first-order chi connectivity index (χ1) is 28.4. The van der Waals surface area contributed by atoms with Crippen LogP contribution in [0.25, 0.3) is 0 Å². The zero-order chi connectivity index (χ0) is 45.7. The number of esters is 5. The second-order valence-corrected chi connectivity index (χ2v) is 17.6. The molecule has 3 aliphatic rings. The summed E-state index contributed by atoms with van der Waals surface area (Å²) in [5, 5.41) is 0. The number of hydrogen-bond donors (Lipinski definition) is 0. The molecule has 0 aromatic heterocycles. The zero-order valence-corrected chi connectivity index (χ0v) is 36.4. The van der Waals surface area contributed by atoms with Crippen LogP contribution in [0.2, 0.25) is 0 Å². The maximum atomic E-state index is 14.2. The largest absolute Gasteiger partial charge is 0.468 e. The SMILES string of the molecule is C=CCC1(C(=O)OC)C=C(C(=O)OC(C)(C)CC2CC(C)(C(=O)OC)C=C(C(=O)OC(C)(C)CC3CC(=O)C(C(=O)OCC)=CC3(C)C(=O)c3ccccc3)C2=O)C(=O)CC1. The molecule has 0 amide bonds. The Morgan fingerprint density at radius 1 is 0.770 bits per heavy atom. The molecule has 1 aromatic rings. The minimum Gasteiger partial charge on any atom is -0.468 e. The van der Waals surface area contributed by atoms with Crippen molar-refractivity contribution in [3.05, 3.63) is 83.5 Å². The topological polar surface area (TPSA) is 200 Å². The summed E-state index contributed by atoms with van der Waals surface area (Å²) in [5.74, 6) is -8.37. The fraction of sp³-hybridized carbons (Fsp3) is 0.511. The number of Topliss-reactive ketones (excluding diaryl/α,β-unsaturated/α-hetero) is 4. The van der Waals surface area contributed by atoms with E-state index in [-0.39, 0.29) is 68.5 Å². The third-order valence-electron chi connectivity index (χ3n) is 11.7. The first-order valence-electron chi connectivity index (χ1n) is 20.2. The lowest BCUT2D eigenvalue weighted by atomic mass is 9.62. The van der Waals surface area contributed by atoms with Crippen molar-refractivity contribution in [2.45, 2.75) is 105 Å². The predicted molar refractivity (Wildman–Crippen MR) is 219 cm³/mol. The van der Waals surface area contributed by atoms with Gasteiger partial charge in [-0.05, 0) is 98.6 Å². The van der Waals surface area contributed by atoms with Gasteiger partial charge in [-0.3, -0.25) is 28.8 Å². The summed E-state index contributed by atoms with van der Waals surface area (Å²) in [5.41, 5.74) is -7.83. The number of benzene rings is 1. The van der Waals surface area contributed by atoms with Crippen LogP contribution in [0.1, 0.15) is 104 Å². The molecule has 328 valence electrons. The van der Waals surface area contributed by atoms with Crippen molar-refractivity contribution in [3.8, 4) is 0 Å². The van der Waals surface area contributed by atoms with Gasteiger partial charge in [-0.2, -0.15) is 0 Å². The number of ketones is 4. The van der Waals surface area contributed by atoms with Crippen molar-refractivity contribution >= 4 is 53.0 Å². The van der Waals surface area contributed by atoms with Gasteiger partial charge in [0.15, 0.2) is 23.1 Å². The molecule has 4 rings (SSSR count). The van der Waals surface area contributed by atoms with Gasteiger partial charge in [-0.25, -0.2) is 14.4 Å². The number of carbonyl (C=O) groups excluding carboxylic acids is 9. The Kier molecular flexibility index (Phi) is 14.5. The normalized spacial score (nSPS) is 25.5. The number of allylic oxidation sites excluding steroid dienone is 2. The molecule has 3 aliphatic carbocycles. The van der Waals surface area contributed by atoms with Crippen molar-refractivity contribution in [1.29, 1.82) is 0 Å². The molecule has 61 heavy (non-hydrogen) atoms. The van der Waals surface area contributed by atoms with Gasteiger partial charge >= 0.3 is 29.8 Å². The Balaban J connectivity index is 1.62. The molecule has 14 heteroatoms. The molecule has 0 heterocycles. The highest BCUT2D eigenvalue weighted by Gasteiger charge is 2.51. The van der Waals surface area contributed by atoms with E-state index in [2.05, 4.69) is 6.58 Å². The van der Waals surface area contributed by atoms with Crippen molar-refractivity contribution in [2.24, 2.45) is 28.1 Å². The minimum absolute atomic E-state index is 0.0150. The first-order valence-corrected chi connectivity index (χ1v) is 20.2. The summed E-state index contributed by atoms with van der Waals surface area (Å²) in [6.45, 7) is 14.6. The van der Waals surface area contributed by atoms with Gasteiger partial charge in [0.2, 0.25) is 0 Å².